The van der Waals surface area contributed by atoms with Crippen LogP contribution in [0.25, 0.3) is 11.3 Å². The van der Waals surface area contributed by atoms with E-state index in [1.165, 1.54) is 12.1 Å². The average molecular weight is 205 g/mol. The van der Waals surface area contributed by atoms with Crippen molar-refractivity contribution in [2.24, 2.45) is 0 Å². The quantitative estimate of drug-likeness (QED) is 0.817. The predicted octanol–water partition coefficient (Wildman–Crippen LogP) is 2.29. The van der Waals surface area contributed by atoms with E-state index in [-0.39, 0.29) is 5.82 Å². The number of aryl methyl sites for hydroxylation is 1. The lowest BCUT2D eigenvalue weighted by Gasteiger charge is -2.05. The van der Waals surface area contributed by atoms with Crippen LogP contribution in [0.2, 0.25) is 0 Å². The van der Waals surface area contributed by atoms with Crippen LogP contribution >= 0.6 is 0 Å². The molecule has 0 saturated heterocycles. The van der Waals surface area contributed by atoms with Crippen LogP contribution in [-0.2, 0) is 6.54 Å². The second-order valence-corrected chi connectivity index (χ2v) is 3.27. The molecule has 1 aromatic heterocycles. The highest BCUT2D eigenvalue weighted by atomic mass is 19.1. The van der Waals surface area contributed by atoms with E-state index >= 15 is 0 Å². The highest BCUT2D eigenvalue weighted by Crippen LogP contribution is 2.25. The standard InChI is InChI=1S/C11H12FN3/c1-2-15-11(10(13)7-14-15)8-4-3-5-9(12)6-8/h3-7H,2,13H2,1H3. The maximum atomic E-state index is 13.1. The minimum atomic E-state index is -0.268. The number of nitrogen functional groups attached to an aromatic ring is 1. The lowest BCUT2D eigenvalue weighted by atomic mass is 10.1. The van der Waals surface area contributed by atoms with Crippen molar-refractivity contribution in [3.8, 4) is 11.3 Å². The van der Waals surface area contributed by atoms with Gasteiger partial charge in [-0.05, 0) is 19.1 Å². The molecule has 4 heteroatoms. The number of anilines is 1. The van der Waals surface area contributed by atoms with Crippen LogP contribution in [0.1, 0.15) is 6.92 Å². The summed E-state index contributed by atoms with van der Waals surface area (Å²) in [6.07, 6.45) is 1.59. The van der Waals surface area contributed by atoms with Gasteiger partial charge in [0.1, 0.15) is 5.82 Å². The first-order chi connectivity index (χ1) is 7.22. The van der Waals surface area contributed by atoms with E-state index < -0.39 is 0 Å². The van der Waals surface area contributed by atoms with Crippen molar-refractivity contribution in [2.75, 3.05) is 5.73 Å². The fourth-order valence-electron chi connectivity index (χ4n) is 1.59. The molecule has 2 rings (SSSR count). The van der Waals surface area contributed by atoms with Gasteiger partial charge < -0.3 is 5.73 Å². The van der Waals surface area contributed by atoms with Crippen LogP contribution < -0.4 is 5.73 Å². The molecule has 0 saturated carbocycles. The number of aromatic nitrogens is 2. The van der Waals surface area contributed by atoms with E-state index in [9.17, 15) is 4.39 Å². The van der Waals surface area contributed by atoms with Crippen molar-refractivity contribution in [3.63, 3.8) is 0 Å². The van der Waals surface area contributed by atoms with Crippen LogP contribution in [0.4, 0.5) is 10.1 Å². The molecule has 2 aromatic rings. The number of hydrogen-bond acceptors (Lipinski definition) is 2. The zero-order valence-electron chi connectivity index (χ0n) is 8.44. The summed E-state index contributed by atoms with van der Waals surface area (Å²) in [5.74, 6) is -0.268. The monoisotopic (exact) mass is 205 g/mol. The Morgan fingerprint density at radius 3 is 2.93 bits per heavy atom. The second-order valence-electron chi connectivity index (χ2n) is 3.27. The Bertz CT molecular complexity index is 476. The maximum Gasteiger partial charge on any atom is 0.123 e. The van der Waals surface area contributed by atoms with Crippen molar-refractivity contribution in [1.29, 1.82) is 0 Å². The molecular weight excluding hydrogens is 193 g/mol. The van der Waals surface area contributed by atoms with Crippen LogP contribution in [0, 0.1) is 5.82 Å². The third kappa shape index (κ3) is 1.70. The van der Waals surface area contributed by atoms with Crippen molar-refractivity contribution in [3.05, 3.63) is 36.3 Å². The molecule has 0 radical (unpaired) electrons. The first-order valence-electron chi connectivity index (χ1n) is 4.79. The summed E-state index contributed by atoms with van der Waals surface area (Å²) >= 11 is 0. The molecule has 78 valence electrons. The summed E-state index contributed by atoms with van der Waals surface area (Å²) in [6.45, 7) is 2.68. The average Bonchev–Trinajstić information content (AvgIpc) is 2.59. The van der Waals surface area contributed by atoms with Crippen molar-refractivity contribution in [2.45, 2.75) is 13.5 Å². The van der Waals surface area contributed by atoms with Gasteiger partial charge in [0, 0.05) is 12.1 Å². The van der Waals surface area contributed by atoms with Crippen LogP contribution in [0.3, 0.4) is 0 Å². The first-order valence-corrected chi connectivity index (χ1v) is 4.79. The highest BCUT2D eigenvalue weighted by molar-refractivity contribution is 5.72. The Balaban J connectivity index is 2.57. The summed E-state index contributed by atoms with van der Waals surface area (Å²) in [5.41, 5.74) is 7.90. The summed E-state index contributed by atoms with van der Waals surface area (Å²) in [4.78, 5) is 0. The number of halogens is 1. The number of hydrogen-bond donors (Lipinski definition) is 1. The lowest BCUT2D eigenvalue weighted by molar-refractivity contribution is 0.627. The molecule has 1 aromatic carbocycles. The minimum absolute atomic E-state index is 0.268. The van der Waals surface area contributed by atoms with Crippen LogP contribution in [0.5, 0.6) is 0 Å². The molecule has 0 aliphatic carbocycles. The van der Waals surface area contributed by atoms with Gasteiger partial charge in [-0.15, -0.1) is 0 Å². The van der Waals surface area contributed by atoms with Crippen molar-refractivity contribution in [1.82, 2.24) is 9.78 Å². The Labute approximate surface area is 87.3 Å². The van der Waals surface area contributed by atoms with Gasteiger partial charge in [0.15, 0.2) is 0 Å². The third-order valence-electron chi connectivity index (χ3n) is 2.27. The maximum absolute atomic E-state index is 13.1. The third-order valence-corrected chi connectivity index (χ3v) is 2.27. The molecular formula is C11H12FN3. The molecule has 3 nitrogen and oxygen atoms in total. The number of benzene rings is 1. The summed E-state index contributed by atoms with van der Waals surface area (Å²) < 4.78 is 14.8. The molecule has 0 aliphatic rings. The van der Waals surface area contributed by atoms with Crippen molar-refractivity contribution >= 4 is 5.69 Å². The molecule has 0 bridgehead atoms. The van der Waals surface area contributed by atoms with Gasteiger partial charge in [-0.25, -0.2) is 4.39 Å². The molecule has 0 aliphatic heterocycles. The van der Waals surface area contributed by atoms with Gasteiger partial charge >= 0.3 is 0 Å². The van der Waals surface area contributed by atoms with Gasteiger partial charge in [0.05, 0.1) is 17.6 Å². The van der Waals surface area contributed by atoms with E-state index in [1.807, 2.05) is 13.0 Å². The highest BCUT2D eigenvalue weighted by Gasteiger charge is 2.09. The fraction of sp³-hybridized carbons (Fsp3) is 0.182. The number of rotatable bonds is 2. The Kier molecular flexibility index (Phi) is 2.41. The van der Waals surface area contributed by atoms with Gasteiger partial charge in [0.25, 0.3) is 0 Å². The molecule has 15 heavy (non-hydrogen) atoms. The topological polar surface area (TPSA) is 43.8 Å². The van der Waals surface area contributed by atoms with E-state index in [0.29, 0.717) is 12.2 Å². The Hall–Kier alpha value is -1.84. The summed E-state index contributed by atoms with van der Waals surface area (Å²) in [6, 6.07) is 6.35. The summed E-state index contributed by atoms with van der Waals surface area (Å²) in [7, 11) is 0. The zero-order valence-corrected chi connectivity index (χ0v) is 8.44. The molecule has 2 N–H and O–H groups in total. The first kappa shape index (κ1) is 9.71. The Morgan fingerprint density at radius 2 is 2.27 bits per heavy atom. The van der Waals surface area contributed by atoms with E-state index in [0.717, 1.165) is 11.3 Å². The van der Waals surface area contributed by atoms with Crippen LogP contribution in [0.15, 0.2) is 30.5 Å². The zero-order chi connectivity index (χ0) is 10.8. The Morgan fingerprint density at radius 1 is 1.47 bits per heavy atom. The molecule has 0 fully saturated rings. The molecule has 0 atom stereocenters. The SMILES string of the molecule is CCn1ncc(N)c1-c1cccc(F)c1. The predicted molar refractivity (Wildman–Crippen MR) is 57.7 cm³/mol. The smallest absolute Gasteiger partial charge is 0.123 e. The van der Waals surface area contributed by atoms with Gasteiger partial charge in [0.2, 0.25) is 0 Å². The second kappa shape index (κ2) is 3.73. The van der Waals surface area contributed by atoms with Gasteiger partial charge in [-0.2, -0.15) is 5.10 Å². The minimum Gasteiger partial charge on any atom is -0.396 e. The van der Waals surface area contributed by atoms with E-state index in [4.69, 9.17) is 5.73 Å². The molecule has 0 unspecified atom stereocenters. The number of nitrogens with two attached hydrogens (primary N) is 1. The molecule has 1 heterocycles. The van der Waals surface area contributed by atoms with E-state index in [1.54, 1.807) is 16.9 Å². The van der Waals surface area contributed by atoms with Crippen molar-refractivity contribution < 1.29 is 4.39 Å². The fourth-order valence-corrected chi connectivity index (χ4v) is 1.59. The van der Waals surface area contributed by atoms with E-state index in [2.05, 4.69) is 5.10 Å². The lowest BCUT2D eigenvalue weighted by Crippen LogP contribution is -2.00. The molecule has 0 amide bonds. The van der Waals surface area contributed by atoms with Gasteiger partial charge in [-0.1, -0.05) is 12.1 Å². The largest absolute Gasteiger partial charge is 0.396 e. The number of nitrogens with zero attached hydrogens (tertiary/aromatic N) is 2. The molecule has 0 spiro atoms. The normalized spacial score (nSPS) is 10.5. The van der Waals surface area contributed by atoms with Crippen LogP contribution in [-0.4, -0.2) is 9.78 Å². The van der Waals surface area contributed by atoms with Gasteiger partial charge in [-0.3, -0.25) is 4.68 Å². The summed E-state index contributed by atoms with van der Waals surface area (Å²) in [5, 5.41) is 4.11.